The highest BCUT2D eigenvalue weighted by Gasteiger charge is 2.33. The monoisotopic (exact) mass is 538 g/mol. The van der Waals surface area contributed by atoms with Crippen molar-refractivity contribution in [2.45, 2.75) is 13.8 Å². The summed E-state index contributed by atoms with van der Waals surface area (Å²) >= 11 is 12.6. The molecule has 0 saturated carbocycles. The highest BCUT2D eigenvalue weighted by molar-refractivity contribution is 8.27. The van der Waals surface area contributed by atoms with E-state index in [1.165, 1.54) is 23.8 Å². The van der Waals surface area contributed by atoms with Crippen molar-refractivity contribution in [2.75, 3.05) is 23.9 Å². The smallest absolute Gasteiger partial charge is 0.270 e. The van der Waals surface area contributed by atoms with Gasteiger partial charge in [-0.2, -0.15) is 0 Å². The standard InChI is InChI=1S/C27H23ClN2O4S2/c1-16-4-10-21(17(2)12-16)29-25(31)15-34-22-11-5-18(13-23(22)33-3)14-24-26(32)30(27(35)36-24)20-8-6-19(28)7-9-20/h4-14H,15H2,1-3H3,(H,29,31)/b24-14-. The lowest BCUT2D eigenvalue weighted by Crippen LogP contribution is -2.27. The summed E-state index contributed by atoms with van der Waals surface area (Å²) in [5.74, 6) is 0.365. The van der Waals surface area contributed by atoms with Crippen LogP contribution in [0.25, 0.3) is 6.08 Å². The van der Waals surface area contributed by atoms with E-state index in [1.807, 2.05) is 32.0 Å². The van der Waals surface area contributed by atoms with Crippen molar-refractivity contribution in [2.24, 2.45) is 0 Å². The number of halogens is 1. The second-order valence-corrected chi connectivity index (χ2v) is 10.2. The van der Waals surface area contributed by atoms with Crippen LogP contribution < -0.4 is 19.7 Å². The Morgan fingerprint density at radius 3 is 2.53 bits per heavy atom. The first-order valence-electron chi connectivity index (χ1n) is 11.0. The van der Waals surface area contributed by atoms with Crippen LogP contribution in [0, 0.1) is 13.8 Å². The van der Waals surface area contributed by atoms with E-state index in [0.29, 0.717) is 31.4 Å². The number of thiocarbonyl (C=S) groups is 1. The fourth-order valence-electron chi connectivity index (χ4n) is 3.61. The summed E-state index contributed by atoms with van der Waals surface area (Å²) in [5, 5.41) is 3.44. The molecule has 1 N–H and O–H groups in total. The van der Waals surface area contributed by atoms with Gasteiger partial charge < -0.3 is 14.8 Å². The minimum atomic E-state index is -0.279. The zero-order valence-electron chi connectivity index (χ0n) is 19.8. The number of nitrogens with one attached hydrogen (secondary N) is 1. The molecule has 1 fully saturated rings. The molecule has 0 radical (unpaired) electrons. The predicted molar refractivity (Wildman–Crippen MR) is 150 cm³/mol. The molecule has 0 aromatic heterocycles. The van der Waals surface area contributed by atoms with Gasteiger partial charge in [0.05, 0.1) is 17.7 Å². The van der Waals surface area contributed by atoms with Crippen LogP contribution in [0.15, 0.2) is 65.6 Å². The lowest BCUT2D eigenvalue weighted by Gasteiger charge is -2.14. The van der Waals surface area contributed by atoms with Gasteiger partial charge in [0.25, 0.3) is 11.8 Å². The van der Waals surface area contributed by atoms with Crippen LogP contribution in [0.3, 0.4) is 0 Å². The molecule has 0 aliphatic carbocycles. The number of hydrogen-bond acceptors (Lipinski definition) is 6. The third kappa shape index (κ3) is 5.90. The summed E-state index contributed by atoms with van der Waals surface area (Å²) in [5.41, 5.74) is 4.24. The fraction of sp³-hybridized carbons (Fsp3) is 0.148. The number of anilines is 2. The number of amides is 2. The normalized spacial score (nSPS) is 14.3. The summed E-state index contributed by atoms with van der Waals surface area (Å²) in [4.78, 5) is 27.4. The number of aryl methyl sites for hydroxylation is 2. The summed E-state index contributed by atoms with van der Waals surface area (Å²) < 4.78 is 11.6. The molecule has 9 heteroatoms. The second kappa shape index (κ2) is 11.2. The minimum Gasteiger partial charge on any atom is -0.493 e. The number of ether oxygens (including phenoxy) is 2. The van der Waals surface area contributed by atoms with Crippen LogP contribution in [0.1, 0.15) is 16.7 Å². The van der Waals surface area contributed by atoms with Crippen molar-refractivity contribution in [1.29, 1.82) is 0 Å². The first-order chi connectivity index (χ1) is 17.2. The molecule has 4 rings (SSSR count). The van der Waals surface area contributed by atoms with E-state index >= 15 is 0 Å². The van der Waals surface area contributed by atoms with Crippen molar-refractivity contribution in [3.05, 3.63) is 87.3 Å². The number of nitrogens with zero attached hydrogens (tertiary/aromatic N) is 1. The van der Waals surface area contributed by atoms with E-state index in [-0.39, 0.29) is 18.4 Å². The average molecular weight is 539 g/mol. The lowest BCUT2D eigenvalue weighted by atomic mass is 10.1. The minimum absolute atomic E-state index is 0.178. The largest absolute Gasteiger partial charge is 0.493 e. The van der Waals surface area contributed by atoms with Crippen LogP contribution in [-0.4, -0.2) is 29.9 Å². The predicted octanol–water partition coefficient (Wildman–Crippen LogP) is 6.39. The molecular weight excluding hydrogens is 516 g/mol. The van der Waals surface area contributed by atoms with Gasteiger partial charge in [0, 0.05) is 10.7 Å². The molecule has 184 valence electrons. The van der Waals surface area contributed by atoms with Gasteiger partial charge in [0.15, 0.2) is 22.4 Å². The van der Waals surface area contributed by atoms with E-state index in [2.05, 4.69) is 5.32 Å². The molecule has 0 spiro atoms. The molecule has 1 heterocycles. The topological polar surface area (TPSA) is 67.9 Å². The van der Waals surface area contributed by atoms with E-state index in [4.69, 9.17) is 33.3 Å². The molecule has 0 bridgehead atoms. The number of carbonyl (C=O) groups excluding carboxylic acids is 2. The van der Waals surface area contributed by atoms with Crippen molar-refractivity contribution < 1.29 is 19.1 Å². The van der Waals surface area contributed by atoms with Gasteiger partial charge in [0.1, 0.15) is 0 Å². The Kier molecular flexibility index (Phi) is 7.98. The number of hydrogen-bond donors (Lipinski definition) is 1. The molecule has 2 amide bonds. The Balaban J connectivity index is 1.45. The zero-order valence-corrected chi connectivity index (χ0v) is 22.2. The van der Waals surface area contributed by atoms with E-state index < -0.39 is 0 Å². The molecule has 1 saturated heterocycles. The maximum Gasteiger partial charge on any atom is 0.270 e. The van der Waals surface area contributed by atoms with E-state index in [1.54, 1.807) is 48.5 Å². The summed E-state index contributed by atoms with van der Waals surface area (Å²) in [7, 11) is 1.52. The first kappa shape index (κ1) is 25.8. The number of rotatable bonds is 7. The van der Waals surface area contributed by atoms with Gasteiger partial charge in [-0.05, 0) is 73.5 Å². The maximum atomic E-state index is 13.0. The quantitative estimate of drug-likeness (QED) is 0.278. The molecular formula is C27H23ClN2O4S2. The fourth-order valence-corrected chi connectivity index (χ4v) is 5.03. The SMILES string of the molecule is COc1cc(/C=C2\SC(=S)N(c3ccc(Cl)cc3)C2=O)ccc1OCC(=O)Nc1ccc(C)cc1C. The van der Waals surface area contributed by atoms with Crippen LogP contribution in [-0.2, 0) is 9.59 Å². The van der Waals surface area contributed by atoms with Crippen LogP contribution in [0.4, 0.5) is 11.4 Å². The summed E-state index contributed by atoms with van der Waals surface area (Å²) in [6.45, 7) is 3.76. The number of thioether (sulfide) groups is 1. The van der Waals surface area contributed by atoms with Gasteiger partial charge in [-0.1, -0.05) is 59.3 Å². The Labute approximate surface area is 224 Å². The lowest BCUT2D eigenvalue weighted by molar-refractivity contribution is -0.118. The third-order valence-corrected chi connectivity index (χ3v) is 6.93. The third-order valence-electron chi connectivity index (χ3n) is 5.38. The Hall–Kier alpha value is -3.33. The van der Waals surface area contributed by atoms with E-state index in [9.17, 15) is 9.59 Å². The Bertz CT molecular complexity index is 1370. The molecule has 3 aromatic carbocycles. The highest BCUT2D eigenvalue weighted by Crippen LogP contribution is 2.37. The first-order valence-corrected chi connectivity index (χ1v) is 12.6. The molecule has 3 aromatic rings. The number of methoxy groups -OCH3 is 1. The Morgan fingerprint density at radius 1 is 1.08 bits per heavy atom. The van der Waals surface area contributed by atoms with Crippen molar-refractivity contribution in [1.82, 2.24) is 0 Å². The highest BCUT2D eigenvalue weighted by atomic mass is 35.5. The van der Waals surface area contributed by atoms with Gasteiger partial charge >= 0.3 is 0 Å². The van der Waals surface area contributed by atoms with Crippen LogP contribution in [0.5, 0.6) is 11.5 Å². The summed E-state index contributed by atoms with van der Waals surface area (Å²) in [6, 6.07) is 18.0. The number of benzene rings is 3. The molecule has 0 unspecified atom stereocenters. The van der Waals surface area contributed by atoms with Gasteiger partial charge in [-0.25, -0.2) is 0 Å². The Morgan fingerprint density at radius 2 is 1.83 bits per heavy atom. The molecule has 1 aliphatic rings. The van der Waals surface area contributed by atoms with Gasteiger partial charge in [-0.3, -0.25) is 14.5 Å². The average Bonchev–Trinajstić information content (AvgIpc) is 3.13. The van der Waals surface area contributed by atoms with E-state index in [0.717, 1.165) is 22.4 Å². The molecule has 1 aliphatic heterocycles. The maximum absolute atomic E-state index is 13.0. The molecule has 36 heavy (non-hydrogen) atoms. The second-order valence-electron chi connectivity index (χ2n) is 8.06. The number of carbonyl (C=O) groups is 2. The van der Waals surface area contributed by atoms with Crippen molar-refractivity contribution in [3.8, 4) is 11.5 Å². The summed E-state index contributed by atoms with van der Waals surface area (Å²) in [6.07, 6.45) is 1.74. The molecule has 0 atom stereocenters. The zero-order chi connectivity index (χ0) is 25.8. The van der Waals surface area contributed by atoms with Crippen LogP contribution in [0.2, 0.25) is 5.02 Å². The van der Waals surface area contributed by atoms with Crippen LogP contribution >= 0.6 is 35.6 Å². The van der Waals surface area contributed by atoms with Gasteiger partial charge in [0.2, 0.25) is 0 Å². The van der Waals surface area contributed by atoms with Gasteiger partial charge in [-0.15, -0.1) is 0 Å². The molecule has 6 nitrogen and oxygen atoms in total. The van der Waals surface area contributed by atoms with Crippen molar-refractivity contribution >= 4 is 69.2 Å². The van der Waals surface area contributed by atoms with Crippen molar-refractivity contribution in [3.63, 3.8) is 0 Å².